The number of aryl methyl sites for hydroxylation is 2. The van der Waals surface area contributed by atoms with Gasteiger partial charge >= 0.3 is 0 Å². The average molecular weight is 282 g/mol. The summed E-state index contributed by atoms with van der Waals surface area (Å²) in [7, 11) is 0. The minimum atomic E-state index is 0.341. The zero-order valence-corrected chi connectivity index (χ0v) is 13.6. The van der Waals surface area contributed by atoms with Crippen LogP contribution in [0.25, 0.3) is 0 Å². The minimum Gasteiger partial charge on any atom is -0.309 e. The number of rotatable bonds is 6. The highest BCUT2D eigenvalue weighted by atomic mass is 14.9. The van der Waals surface area contributed by atoms with Gasteiger partial charge in [0.05, 0.1) is 0 Å². The van der Waals surface area contributed by atoms with E-state index in [9.17, 15) is 0 Å². The van der Waals surface area contributed by atoms with Crippen molar-refractivity contribution in [2.75, 3.05) is 6.54 Å². The molecule has 0 saturated heterocycles. The van der Waals surface area contributed by atoms with Crippen LogP contribution in [-0.2, 0) is 0 Å². The lowest BCUT2D eigenvalue weighted by Crippen LogP contribution is -2.27. The summed E-state index contributed by atoms with van der Waals surface area (Å²) in [5.74, 6) is 0.418. The van der Waals surface area contributed by atoms with Gasteiger partial charge in [-0.3, -0.25) is 4.98 Å². The Morgan fingerprint density at radius 2 is 1.81 bits per heavy atom. The van der Waals surface area contributed by atoms with Gasteiger partial charge in [0.2, 0.25) is 0 Å². The standard InChI is InChI=1S/C19H26N2/c1-5-10-21-19(16(4)17-8-11-20-12-9-17)18-7-6-14(2)13-15(18)3/h6-9,11-13,16,19,21H,5,10H2,1-4H3. The third-order valence-electron chi connectivity index (χ3n) is 4.11. The summed E-state index contributed by atoms with van der Waals surface area (Å²) in [5, 5.41) is 3.72. The molecule has 0 amide bonds. The number of aromatic nitrogens is 1. The molecule has 1 N–H and O–H groups in total. The Kier molecular flexibility index (Phi) is 5.51. The maximum atomic E-state index is 4.13. The molecule has 0 radical (unpaired) electrons. The number of pyridine rings is 1. The van der Waals surface area contributed by atoms with Crippen LogP contribution in [0.5, 0.6) is 0 Å². The van der Waals surface area contributed by atoms with E-state index in [2.05, 4.69) is 68.3 Å². The van der Waals surface area contributed by atoms with E-state index in [-0.39, 0.29) is 0 Å². The van der Waals surface area contributed by atoms with Crippen LogP contribution in [0.3, 0.4) is 0 Å². The summed E-state index contributed by atoms with van der Waals surface area (Å²) < 4.78 is 0. The Hall–Kier alpha value is -1.67. The fraction of sp³-hybridized carbons (Fsp3) is 0.421. The molecule has 0 fully saturated rings. The highest BCUT2D eigenvalue weighted by Crippen LogP contribution is 2.32. The van der Waals surface area contributed by atoms with Crippen molar-refractivity contribution in [2.24, 2.45) is 0 Å². The molecule has 0 aliphatic carbocycles. The molecule has 2 aromatic rings. The Morgan fingerprint density at radius 3 is 2.43 bits per heavy atom. The summed E-state index contributed by atoms with van der Waals surface area (Å²) in [4.78, 5) is 4.13. The Labute approximate surface area is 128 Å². The number of hydrogen-bond donors (Lipinski definition) is 1. The summed E-state index contributed by atoms with van der Waals surface area (Å²) in [5.41, 5.74) is 5.42. The fourth-order valence-corrected chi connectivity index (χ4v) is 2.89. The van der Waals surface area contributed by atoms with Gasteiger partial charge in [0.15, 0.2) is 0 Å². The second-order valence-corrected chi connectivity index (χ2v) is 5.86. The highest BCUT2D eigenvalue weighted by Gasteiger charge is 2.21. The lowest BCUT2D eigenvalue weighted by atomic mass is 9.86. The molecule has 21 heavy (non-hydrogen) atoms. The molecular weight excluding hydrogens is 256 g/mol. The van der Waals surface area contributed by atoms with E-state index in [0.29, 0.717) is 12.0 Å². The van der Waals surface area contributed by atoms with Crippen LogP contribution in [0.2, 0.25) is 0 Å². The first-order chi connectivity index (χ1) is 10.1. The normalized spacial score (nSPS) is 13.9. The molecule has 0 saturated carbocycles. The van der Waals surface area contributed by atoms with Gasteiger partial charge < -0.3 is 5.32 Å². The Bertz CT molecular complexity index is 563. The maximum absolute atomic E-state index is 4.13. The predicted molar refractivity (Wildman–Crippen MR) is 89.6 cm³/mol. The van der Waals surface area contributed by atoms with Gasteiger partial charge in [0.1, 0.15) is 0 Å². The van der Waals surface area contributed by atoms with Gasteiger partial charge in [-0.2, -0.15) is 0 Å². The summed E-state index contributed by atoms with van der Waals surface area (Å²) in [6, 6.07) is 11.3. The van der Waals surface area contributed by atoms with Crippen molar-refractivity contribution in [3.63, 3.8) is 0 Å². The lowest BCUT2D eigenvalue weighted by molar-refractivity contribution is 0.464. The monoisotopic (exact) mass is 282 g/mol. The lowest BCUT2D eigenvalue weighted by Gasteiger charge is -2.27. The fourth-order valence-electron chi connectivity index (χ4n) is 2.89. The van der Waals surface area contributed by atoms with E-state index in [1.54, 1.807) is 0 Å². The van der Waals surface area contributed by atoms with Crippen molar-refractivity contribution in [1.29, 1.82) is 0 Å². The zero-order chi connectivity index (χ0) is 15.2. The maximum Gasteiger partial charge on any atom is 0.0389 e. The Balaban J connectivity index is 2.33. The van der Waals surface area contributed by atoms with E-state index in [0.717, 1.165) is 13.0 Å². The molecule has 0 spiro atoms. The molecule has 2 rings (SSSR count). The van der Waals surface area contributed by atoms with Crippen LogP contribution in [0.1, 0.15) is 54.5 Å². The largest absolute Gasteiger partial charge is 0.309 e. The molecule has 2 atom stereocenters. The average Bonchev–Trinajstić information content (AvgIpc) is 2.50. The van der Waals surface area contributed by atoms with Gasteiger partial charge in [-0.05, 0) is 55.6 Å². The second-order valence-electron chi connectivity index (χ2n) is 5.86. The SMILES string of the molecule is CCCNC(c1ccc(C)cc1C)C(C)c1ccncc1. The smallest absolute Gasteiger partial charge is 0.0389 e. The first-order valence-electron chi connectivity index (χ1n) is 7.84. The first-order valence-corrected chi connectivity index (χ1v) is 7.84. The Morgan fingerprint density at radius 1 is 1.10 bits per heavy atom. The minimum absolute atomic E-state index is 0.341. The second kappa shape index (κ2) is 7.37. The topological polar surface area (TPSA) is 24.9 Å². The number of nitrogens with one attached hydrogen (secondary N) is 1. The molecule has 0 aliphatic heterocycles. The van der Waals surface area contributed by atoms with Crippen molar-refractivity contribution in [3.05, 3.63) is 65.0 Å². The van der Waals surface area contributed by atoms with Crippen LogP contribution in [-0.4, -0.2) is 11.5 Å². The van der Waals surface area contributed by atoms with Crippen LogP contribution in [0.15, 0.2) is 42.7 Å². The summed E-state index contributed by atoms with van der Waals surface area (Å²) in [6.07, 6.45) is 4.90. The number of nitrogens with zero attached hydrogens (tertiary/aromatic N) is 1. The van der Waals surface area contributed by atoms with Crippen LogP contribution < -0.4 is 5.32 Å². The third-order valence-corrected chi connectivity index (χ3v) is 4.11. The van der Waals surface area contributed by atoms with Crippen LogP contribution >= 0.6 is 0 Å². The highest BCUT2D eigenvalue weighted by molar-refractivity contribution is 5.35. The molecule has 2 nitrogen and oxygen atoms in total. The van der Waals surface area contributed by atoms with Crippen LogP contribution in [0.4, 0.5) is 0 Å². The molecule has 112 valence electrons. The van der Waals surface area contributed by atoms with Crippen molar-refractivity contribution in [3.8, 4) is 0 Å². The van der Waals surface area contributed by atoms with Gasteiger partial charge in [0.25, 0.3) is 0 Å². The van der Waals surface area contributed by atoms with Gasteiger partial charge in [-0.1, -0.05) is 37.6 Å². The van der Waals surface area contributed by atoms with Gasteiger partial charge in [-0.15, -0.1) is 0 Å². The summed E-state index contributed by atoms with van der Waals surface area (Å²) >= 11 is 0. The van der Waals surface area contributed by atoms with Gasteiger partial charge in [-0.25, -0.2) is 0 Å². The molecule has 2 heteroatoms. The van der Waals surface area contributed by atoms with E-state index in [4.69, 9.17) is 0 Å². The molecule has 1 aromatic carbocycles. The quantitative estimate of drug-likeness (QED) is 0.841. The molecule has 1 heterocycles. The van der Waals surface area contributed by atoms with E-state index >= 15 is 0 Å². The molecule has 0 bridgehead atoms. The third kappa shape index (κ3) is 3.92. The van der Waals surface area contributed by atoms with E-state index < -0.39 is 0 Å². The first kappa shape index (κ1) is 15.7. The molecule has 2 unspecified atom stereocenters. The number of hydrogen-bond acceptors (Lipinski definition) is 2. The van der Waals surface area contributed by atoms with Crippen molar-refractivity contribution < 1.29 is 0 Å². The molecular formula is C19H26N2. The number of benzene rings is 1. The van der Waals surface area contributed by atoms with E-state index in [1.165, 1.54) is 22.3 Å². The predicted octanol–water partition coefficient (Wildman–Crippen LogP) is 4.54. The van der Waals surface area contributed by atoms with Crippen LogP contribution in [0, 0.1) is 13.8 Å². The van der Waals surface area contributed by atoms with Gasteiger partial charge in [0, 0.05) is 24.4 Å². The molecule has 1 aromatic heterocycles. The molecule has 0 aliphatic rings. The van der Waals surface area contributed by atoms with Crippen molar-refractivity contribution in [2.45, 2.75) is 46.1 Å². The zero-order valence-electron chi connectivity index (χ0n) is 13.6. The van der Waals surface area contributed by atoms with E-state index in [1.807, 2.05) is 12.4 Å². The summed E-state index contributed by atoms with van der Waals surface area (Å²) in [6.45, 7) is 9.90. The van der Waals surface area contributed by atoms with Crippen molar-refractivity contribution >= 4 is 0 Å². The van der Waals surface area contributed by atoms with Crippen molar-refractivity contribution in [1.82, 2.24) is 10.3 Å².